The molecule has 20 heteroatoms. The van der Waals surface area contributed by atoms with Gasteiger partial charge in [-0.3, -0.25) is 19.3 Å². The van der Waals surface area contributed by atoms with E-state index in [2.05, 4.69) is 20.8 Å². The number of amides is 3. The van der Waals surface area contributed by atoms with Crippen LogP contribution in [0.15, 0.2) is 56.7 Å². The van der Waals surface area contributed by atoms with Gasteiger partial charge in [-0.1, -0.05) is 24.2 Å². The van der Waals surface area contributed by atoms with Crippen LogP contribution in [-0.2, 0) is 28.8 Å². The van der Waals surface area contributed by atoms with Crippen LogP contribution in [-0.4, -0.2) is 103 Å². The topological polar surface area (TPSA) is 295 Å². The molecule has 51 heavy (non-hydrogen) atoms. The number of aliphatic carboxylic acids is 2. The van der Waals surface area contributed by atoms with E-state index in [1.54, 1.807) is 17.1 Å². The Bertz CT molecular complexity index is 1710. The number of nitrogens with two attached hydrogens (primary N) is 4. The van der Waals surface area contributed by atoms with Crippen LogP contribution in [0, 0.1) is 0 Å². The van der Waals surface area contributed by atoms with E-state index in [0.717, 1.165) is 21.8 Å². The number of carbonyl (C=O) groups excluding carboxylic acids is 3. The molecule has 18 nitrogen and oxygen atoms in total. The fourth-order valence-electron chi connectivity index (χ4n) is 4.66. The number of nitrogens with one attached hydrogen (secondary N) is 2. The lowest BCUT2D eigenvalue weighted by Crippen LogP contribution is -2.71. The highest BCUT2D eigenvalue weighted by molar-refractivity contribution is 8.00. The normalized spacial score (nSPS) is 18.7. The molecule has 2 aliphatic rings. The summed E-state index contributed by atoms with van der Waals surface area (Å²) < 4.78 is 0. The maximum Gasteiger partial charge on any atom is 0.352 e. The molecule has 278 valence electrons. The van der Waals surface area contributed by atoms with Gasteiger partial charge in [-0.2, -0.15) is 0 Å². The predicted molar refractivity (Wildman–Crippen MR) is 192 cm³/mol. The lowest BCUT2D eigenvalue weighted by molar-refractivity contribution is -0.161. The monoisotopic (exact) mass is 748 g/mol. The van der Waals surface area contributed by atoms with Crippen molar-refractivity contribution in [1.29, 1.82) is 0 Å². The van der Waals surface area contributed by atoms with Crippen molar-refractivity contribution in [2.75, 3.05) is 31.1 Å². The molecule has 0 saturated carbocycles. The Balaban J connectivity index is 1.84. The molecule has 2 atom stereocenters. The summed E-state index contributed by atoms with van der Waals surface area (Å²) in [5, 5.41) is 29.3. The highest BCUT2D eigenvalue weighted by atomic mass is 32.2. The SMILES string of the molecule is CC/C(C)=C(N)/C(NC(=O)CCN)=C(/N)N(CC)C/C=C/C1=C(C(=O)O)N2C(=O)[C@@H](NC(=O)/C(=N\OC(C)(C)C(=O)O)c3csc(N)n3)C2SC1. The number of rotatable bonds is 17. The molecule has 3 amide bonds. The van der Waals surface area contributed by atoms with Gasteiger partial charge in [-0.25, -0.2) is 14.6 Å². The van der Waals surface area contributed by atoms with E-state index in [9.17, 15) is 34.2 Å². The largest absolute Gasteiger partial charge is 0.478 e. The number of likely N-dealkylation sites (N-methyl/N-ethyl adjacent to an activating group) is 1. The third-order valence-corrected chi connectivity index (χ3v) is 9.84. The molecule has 1 fully saturated rings. The van der Waals surface area contributed by atoms with Gasteiger partial charge in [0.25, 0.3) is 11.8 Å². The second-order valence-electron chi connectivity index (χ2n) is 11.8. The van der Waals surface area contributed by atoms with E-state index in [1.165, 1.54) is 31.0 Å². The lowest BCUT2D eigenvalue weighted by Gasteiger charge is -2.49. The zero-order valence-corrected chi connectivity index (χ0v) is 30.5. The van der Waals surface area contributed by atoms with E-state index >= 15 is 0 Å². The van der Waals surface area contributed by atoms with Gasteiger partial charge in [-0.15, -0.1) is 23.1 Å². The third-order valence-electron chi connectivity index (χ3n) is 7.87. The number of allylic oxidation sites excluding steroid dienone is 2. The molecular formula is C31H44N10O8S2. The third kappa shape index (κ3) is 9.38. The lowest BCUT2D eigenvalue weighted by atomic mass is 10.0. The summed E-state index contributed by atoms with van der Waals surface area (Å²) in [4.78, 5) is 75.0. The van der Waals surface area contributed by atoms with Gasteiger partial charge in [0.1, 0.15) is 34.3 Å². The van der Waals surface area contributed by atoms with Crippen molar-refractivity contribution in [3.8, 4) is 0 Å². The summed E-state index contributed by atoms with van der Waals surface area (Å²) in [6, 6.07) is -1.13. The number of carboxylic acids is 2. The first-order valence-corrected chi connectivity index (χ1v) is 17.7. The van der Waals surface area contributed by atoms with Crippen LogP contribution in [0.1, 0.15) is 53.2 Å². The number of β-lactam (4-membered cyclic amide) rings is 1. The zero-order valence-electron chi connectivity index (χ0n) is 28.9. The standard InChI is InChI=1S/C31H44N10O8S2/c1-6-15(3)19(33)21(37-18(42)10-11-32)24(34)40(7-2)12-8-9-16-13-50-27-22(26(44)41(27)23(16)28(45)46)38-25(43)20(17-14-51-30(35)36-17)39-49-31(4,5)29(47)48/h8-9,14,22,27H,6-7,10-13,32-34H2,1-5H3,(H2,35,36)(H,37,42)(H,38,43)(H,45,46)(H,47,48)/b9-8+,19-15-,24-21+,39-20-/t22-,27?/m1/s1. The van der Waals surface area contributed by atoms with Crippen LogP contribution in [0.2, 0.25) is 0 Å². The number of carbonyl (C=O) groups is 5. The second-order valence-corrected chi connectivity index (χ2v) is 13.8. The highest BCUT2D eigenvalue weighted by Crippen LogP contribution is 2.40. The quantitative estimate of drug-likeness (QED) is 0.0456. The van der Waals surface area contributed by atoms with Crippen LogP contribution in [0.5, 0.6) is 0 Å². The van der Waals surface area contributed by atoms with Gasteiger partial charge in [0, 0.05) is 37.2 Å². The summed E-state index contributed by atoms with van der Waals surface area (Å²) in [5.74, 6) is -4.22. The maximum atomic E-state index is 13.3. The fraction of sp³-hybridized carbons (Fsp3) is 0.452. The maximum absolute atomic E-state index is 13.3. The molecule has 0 bridgehead atoms. The fourth-order valence-corrected chi connectivity index (χ4v) is 6.53. The number of nitrogen functional groups attached to an aromatic ring is 1. The Labute approximate surface area is 302 Å². The Morgan fingerprint density at radius 2 is 1.92 bits per heavy atom. The smallest absolute Gasteiger partial charge is 0.352 e. The minimum atomic E-state index is -1.79. The number of anilines is 1. The van der Waals surface area contributed by atoms with Crippen LogP contribution < -0.4 is 33.6 Å². The van der Waals surface area contributed by atoms with Crippen LogP contribution in [0.25, 0.3) is 0 Å². The number of hydrogen-bond donors (Lipinski definition) is 8. The Morgan fingerprint density at radius 3 is 2.47 bits per heavy atom. The number of fused-ring (bicyclic) bond motifs is 1. The van der Waals surface area contributed by atoms with Crippen molar-refractivity contribution in [2.24, 2.45) is 22.4 Å². The van der Waals surface area contributed by atoms with Crippen molar-refractivity contribution in [3.05, 3.63) is 57.3 Å². The Kier molecular flexibility index (Phi) is 13.6. The molecule has 1 unspecified atom stereocenters. The number of aromatic nitrogens is 1. The predicted octanol–water partition coefficient (Wildman–Crippen LogP) is 0.161. The molecule has 3 heterocycles. The van der Waals surface area contributed by atoms with Crippen molar-refractivity contribution in [2.45, 2.75) is 64.5 Å². The Hall–Kier alpha value is -5.08. The van der Waals surface area contributed by atoms with Gasteiger partial charge in [0.15, 0.2) is 10.8 Å². The number of thioether (sulfide) groups is 1. The summed E-state index contributed by atoms with van der Waals surface area (Å²) >= 11 is 2.24. The van der Waals surface area contributed by atoms with Crippen LogP contribution in [0.3, 0.4) is 0 Å². The van der Waals surface area contributed by atoms with Crippen molar-refractivity contribution in [1.82, 2.24) is 25.4 Å². The number of nitrogens with zero attached hydrogens (tertiary/aromatic N) is 4. The number of hydrogen-bond acceptors (Lipinski definition) is 15. The average molecular weight is 749 g/mol. The first kappa shape index (κ1) is 40.4. The zero-order chi connectivity index (χ0) is 38.2. The Morgan fingerprint density at radius 1 is 1.24 bits per heavy atom. The number of thiazole rings is 1. The van der Waals surface area contributed by atoms with Crippen molar-refractivity contribution < 1.29 is 39.0 Å². The first-order chi connectivity index (χ1) is 24.0. The molecule has 0 aliphatic carbocycles. The van der Waals surface area contributed by atoms with Gasteiger partial charge in [-0.05, 0) is 45.3 Å². The first-order valence-electron chi connectivity index (χ1n) is 15.8. The molecule has 3 rings (SSSR count). The van der Waals surface area contributed by atoms with Gasteiger partial charge < -0.3 is 53.5 Å². The molecule has 2 aliphatic heterocycles. The molecule has 0 spiro atoms. The minimum absolute atomic E-state index is 0.00414. The number of oxime groups is 1. The van der Waals surface area contributed by atoms with E-state index in [0.29, 0.717) is 24.2 Å². The van der Waals surface area contributed by atoms with Crippen LogP contribution >= 0.6 is 23.1 Å². The molecule has 0 aromatic carbocycles. The molecule has 0 radical (unpaired) electrons. The average Bonchev–Trinajstić information content (AvgIpc) is 3.51. The van der Waals surface area contributed by atoms with E-state index in [1.807, 2.05) is 20.8 Å². The van der Waals surface area contributed by atoms with E-state index in [-0.39, 0.29) is 59.2 Å². The summed E-state index contributed by atoms with van der Waals surface area (Å²) in [6.45, 7) is 8.82. The van der Waals surface area contributed by atoms with Crippen LogP contribution in [0.4, 0.5) is 5.13 Å². The molecule has 12 N–H and O–H groups in total. The van der Waals surface area contributed by atoms with E-state index in [4.69, 9.17) is 27.8 Å². The van der Waals surface area contributed by atoms with Gasteiger partial charge in [0.2, 0.25) is 11.5 Å². The van der Waals surface area contributed by atoms with E-state index < -0.39 is 46.5 Å². The second kappa shape index (κ2) is 17.2. The molecule has 1 saturated heterocycles. The van der Waals surface area contributed by atoms with Gasteiger partial charge in [0.05, 0.1) is 5.70 Å². The minimum Gasteiger partial charge on any atom is -0.478 e. The number of carboxylic acid groups (broad SMARTS) is 2. The summed E-state index contributed by atoms with van der Waals surface area (Å²) in [7, 11) is 0. The van der Waals surface area contributed by atoms with Gasteiger partial charge >= 0.3 is 11.9 Å². The highest BCUT2D eigenvalue weighted by Gasteiger charge is 2.54. The molecular weight excluding hydrogens is 705 g/mol. The molecule has 1 aromatic heterocycles. The summed E-state index contributed by atoms with van der Waals surface area (Å²) in [5.41, 5.74) is 23.4. The summed E-state index contributed by atoms with van der Waals surface area (Å²) in [6.07, 6.45) is 3.97. The molecule has 1 aromatic rings. The van der Waals surface area contributed by atoms with Crippen molar-refractivity contribution >= 4 is 63.6 Å². The van der Waals surface area contributed by atoms with Crippen molar-refractivity contribution in [3.63, 3.8) is 0 Å².